The van der Waals surface area contributed by atoms with Crippen molar-refractivity contribution in [3.05, 3.63) is 11.1 Å². The highest BCUT2D eigenvalue weighted by Crippen LogP contribution is 2.19. The van der Waals surface area contributed by atoms with Gasteiger partial charge in [0.25, 0.3) is 11.8 Å². The lowest BCUT2D eigenvalue weighted by Gasteiger charge is -2.16. The number of nitrogens with zero attached hydrogens (tertiary/aromatic N) is 1. The van der Waals surface area contributed by atoms with Crippen molar-refractivity contribution in [2.75, 3.05) is 13.6 Å². The first-order valence-electron chi connectivity index (χ1n) is 6.34. The van der Waals surface area contributed by atoms with Crippen LogP contribution >= 0.6 is 0 Å². The highest BCUT2D eigenvalue weighted by molar-refractivity contribution is 6.18. The van der Waals surface area contributed by atoms with Crippen molar-refractivity contribution in [2.24, 2.45) is 0 Å². The molecule has 2 N–H and O–H groups in total. The quantitative estimate of drug-likeness (QED) is 0.653. The van der Waals surface area contributed by atoms with Crippen molar-refractivity contribution >= 4 is 23.6 Å². The first-order valence-corrected chi connectivity index (χ1v) is 6.34. The minimum atomic E-state index is -0.654. The average Bonchev–Trinajstić information content (AvgIpc) is 2.60. The Kier molecular flexibility index (Phi) is 5.01. The van der Waals surface area contributed by atoms with Crippen LogP contribution in [0.3, 0.4) is 0 Å². The molecule has 0 bridgehead atoms. The lowest BCUT2D eigenvalue weighted by atomic mass is 10.2. The number of hydrogen-bond donors (Lipinski definition) is 2. The molecule has 20 heavy (non-hydrogen) atoms. The van der Waals surface area contributed by atoms with Gasteiger partial charge in [-0.05, 0) is 20.8 Å². The van der Waals surface area contributed by atoms with Crippen LogP contribution in [0.2, 0.25) is 0 Å². The van der Waals surface area contributed by atoms with E-state index in [1.165, 1.54) is 7.05 Å². The summed E-state index contributed by atoms with van der Waals surface area (Å²) in [5, 5.41) is 4.91. The Morgan fingerprint density at radius 2 is 1.65 bits per heavy atom. The molecule has 0 fully saturated rings. The van der Waals surface area contributed by atoms with Gasteiger partial charge in [-0.2, -0.15) is 0 Å². The van der Waals surface area contributed by atoms with Crippen molar-refractivity contribution < 1.29 is 19.2 Å². The van der Waals surface area contributed by atoms with Crippen LogP contribution in [-0.2, 0) is 19.2 Å². The number of amides is 4. The maximum atomic E-state index is 11.8. The van der Waals surface area contributed by atoms with Crippen LogP contribution in [0.1, 0.15) is 27.2 Å². The molecule has 0 aromatic rings. The van der Waals surface area contributed by atoms with E-state index in [9.17, 15) is 19.2 Å². The van der Waals surface area contributed by atoms with Crippen molar-refractivity contribution in [3.63, 3.8) is 0 Å². The Morgan fingerprint density at radius 3 is 2.10 bits per heavy atom. The molecule has 0 aromatic heterocycles. The average molecular weight is 281 g/mol. The lowest BCUT2D eigenvalue weighted by Crippen LogP contribution is -2.44. The molecular weight excluding hydrogens is 262 g/mol. The Labute approximate surface area is 117 Å². The zero-order valence-corrected chi connectivity index (χ0v) is 12.1. The Hall–Kier alpha value is -2.18. The van der Waals surface area contributed by atoms with Crippen LogP contribution < -0.4 is 10.6 Å². The molecular formula is C13H19N3O4. The second kappa shape index (κ2) is 6.31. The third kappa shape index (κ3) is 3.23. The fourth-order valence-corrected chi connectivity index (χ4v) is 1.83. The topological polar surface area (TPSA) is 95.6 Å². The maximum absolute atomic E-state index is 11.8. The molecule has 0 saturated heterocycles. The molecule has 1 rings (SSSR count). The van der Waals surface area contributed by atoms with E-state index in [1.807, 2.05) is 0 Å². The summed E-state index contributed by atoms with van der Waals surface area (Å²) in [6.45, 7) is 4.74. The zero-order chi connectivity index (χ0) is 15.4. The van der Waals surface area contributed by atoms with Gasteiger partial charge in [-0.1, -0.05) is 0 Å². The predicted molar refractivity (Wildman–Crippen MR) is 71.4 cm³/mol. The van der Waals surface area contributed by atoms with Gasteiger partial charge < -0.3 is 10.6 Å². The van der Waals surface area contributed by atoms with E-state index in [0.29, 0.717) is 11.1 Å². The minimum absolute atomic E-state index is 0.0125. The van der Waals surface area contributed by atoms with E-state index in [0.717, 1.165) is 4.90 Å². The van der Waals surface area contributed by atoms with Crippen LogP contribution in [0, 0.1) is 0 Å². The summed E-state index contributed by atoms with van der Waals surface area (Å²) < 4.78 is 0. The smallest absolute Gasteiger partial charge is 0.256 e. The van der Waals surface area contributed by atoms with Gasteiger partial charge in [0, 0.05) is 31.2 Å². The van der Waals surface area contributed by atoms with Crippen LogP contribution in [0.15, 0.2) is 11.1 Å². The Balaban J connectivity index is 2.49. The second-order valence-corrected chi connectivity index (χ2v) is 4.67. The van der Waals surface area contributed by atoms with E-state index in [2.05, 4.69) is 10.6 Å². The van der Waals surface area contributed by atoms with Crippen LogP contribution in [0.4, 0.5) is 0 Å². The SMILES string of the molecule is CNC(=O)[C@@H](C)NC(=O)CCN1C(=O)C(C)=C(C)C1=O. The monoisotopic (exact) mass is 281 g/mol. The molecule has 0 saturated carbocycles. The molecule has 1 aliphatic rings. The van der Waals surface area contributed by atoms with E-state index < -0.39 is 6.04 Å². The summed E-state index contributed by atoms with van der Waals surface area (Å²) in [5.41, 5.74) is 0.822. The molecule has 110 valence electrons. The van der Waals surface area contributed by atoms with Gasteiger partial charge >= 0.3 is 0 Å². The first kappa shape index (κ1) is 15.9. The molecule has 0 aliphatic carbocycles. The first-order chi connectivity index (χ1) is 9.29. The second-order valence-electron chi connectivity index (χ2n) is 4.67. The summed E-state index contributed by atoms with van der Waals surface area (Å²) in [5.74, 6) is -1.41. The highest BCUT2D eigenvalue weighted by atomic mass is 16.2. The van der Waals surface area contributed by atoms with Gasteiger partial charge in [0.05, 0.1) is 0 Å². The standard InChI is InChI=1S/C13H19N3O4/c1-7-8(2)13(20)16(12(7)19)6-5-10(17)15-9(3)11(18)14-4/h9H,5-6H2,1-4H3,(H,14,18)(H,15,17)/t9-/m1/s1. The van der Waals surface area contributed by atoms with Gasteiger partial charge in [0.15, 0.2) is 0 Å². The van der Waals surface area contributed by atoms with E-state index in [4.69, 9.17) is 0 Å². The number of imide groups is 1. The van der Waals surface area contributed by atoms with E-state index in [-0.39, 0.29) is 36.6 Å². The fourth-order valence-electron chi connectivity index (χ4n) is 1.83. The molecule has 0 unspecified atom stereocenters. The third-order valence-electron chi connectivity index (χ3n) is 3.27. The normalized spacial score (nSPS) is 16.5. The Bertz CT molecular complexity index is 472. The number of nitrogens with one attached hydrogen (secondary N) is 2. The molecule has 0 spiro atoms. The number of hydrogen-bond acceptors (Lipinski definition) is 4. The fraction of sp³-hybridized carbons (Fsp3) is 0.538. The molecule has 7 nitrogen and oxygen atoms in total. The minimum Gasteiger partial charge on any atom is -0.357 e. The third-order valence-corrected chi connectivity index (χ3v) is 3.27. The summed E-state index contributed by atoms with van der Waals surface area (Å²) in [6, 6.07) is -0.654. The van der Waals surface area contributed by atoms with Crippen molar-refractivity contribution in [1.29, 1.82) is 0 Å². The van der Waals surface area contributed by atoms with Crippen molar-refractivity contribution in [1.82, 2.24) is 15.5 Å². The Morgan fingerprint density at radius 1 is 1.15 bits per heavy atom. The van der Waals surface area contributed by atoms with Gasteiger partial charge in [-0.15, -0.1) is 0 Å². The maximum Gasteiger partial charge on any atom is 0.256 e. The molecule has 0 aromatic carbocycles. The highest BCUT2D eigenvalue weighted by Gasteiger charge is 2.33. The van der Waals surface area contributed by atoms with E-state index >= 15 is 0 Å². The van der Waals surface area contributed by atoms with Gasteiger partial charge in [-0.25, -0.2) is 0 Å². The number of likely N-dealkylation sites (N-methyl/N-ethyl adjacent to an activating group) is 1. The molecule has 1 heterocycles. The van der Waals surface area contributed by atoms with Crippen molar-refractivity contribution in [2.45, 2.75) is 33.2 Å². The van der Waals surface area contributed by atoms with Crippen LogP contribution in [0.5, 0.6) is 0 Å². The molecule has 1 atom stereocenters. The van der Waals surface area contributed by atoms with E-state index in [1.54, 1.807) is 20.8 Å². The summed E-state index contributed by atoms with van der Waals surface area (Å²) in [7, 11) is 1.48. The number of rotatable bonds is 5. The van der Waals surface area contributed by atoms with Gasteiger partial charge in [-0.3, -0.25) is 24.1 Å². The number of carbonyl (C=O) groups excluding carboxylic acids is 4. The number of carbonyl (C=O) groups is 4. The van der Waals surface area contributed by atoms with Crippen molar-refractivity contribution in [3.8, 4) is 0 Å². The largest absolute Gasteiger partial charge is 0.357 e. The molecule has 1 aliphatic heterocycles. The summed E-state index contributed by atoms with van der Waals surface area (Å²) >= 11 is 0. The predicted octanol–water partition coefficient (Wildman–Crippen LogP) is -0.668. The summed E-state index contributed by atoms with van der Waals surface area (Å²) in [6.07, 6.45) is -0.0284. The zero-order valence-electron chi connectivity index (χ0n) is 12.1. The van der Waals surface area contributed by atoms with Gasteiger partial charge in [0.2, 0.25) is 11.8 Å². The lowest BCUT2D eigenvalue weighted by molar-refractivity contribution is -0.138. The van der Waals surface area contributed by atoms with Crippen LogP contribution in [-0.4, -0.2) is 48.2 Å². The summed E-state index contributed by atoms with van der Waals surface area (Å²) in [4.78, 5) is 47.5. The van der Waals surface area contributed by atoms with Gasteiger partial charge in [0.1, 0.15) is 6.04 Å². The van der Waals surface area contributed by atoms with Crippen LogP contribution in [0.25, 0.3) is 0 Å². The molecule has 7 heteroatoms. The molecule has 4 amide bonds. The molecule has 0 radical (unpaired) electrons.